The molecule has 2 rings (SSSR count). The summed E-state index contributed by atoms with van der Waals surface area (Å²) in [5.74, 6) is 0.234. The molecule has 1 atom stereocenters. The van der Waals surface area contributed by atoms with Crippen molar-refractivity contribution in [3.8, 4) is 0 Å². The van der Waals surface area contributed by atoms with Gasteiger partial charge in [0, 0.05) is 19.2 Å². The van der Waals surface area contributed by atoms with Gasteiger partial charge in [-0.15, -0.1) is 0 Å². The molecular formula is C12H17N5O4. The van der Waals surface area contributed by atoms with Gasteiger partial charge in [0.05, 0.1) is 11.0 Å². The average Bonchev–Trinajstić information content (AvgIpc) is 2.45. The van der Waals surface area contributed by atoms with Crippen LogP contribution in [0.4, 0.5) is 22.1 Å². The van der Waals surface area contributed by atoms with Gasteiger partial charge in [0.15, 0.2) is 0 Å². The van der Waals surface area contributed by atoms with Crippen molar-refractivity contribution in [2.24, 2.45) is 0 Å². The summed E-state index contributed by atoms with van der Waals surface area (Å²) >= 11 is 0. The van der Waals surface area contributed by atoms with Crippen molar-refractivity contribution in [2.75, 3.05) is 24.1 Å². The number of nitro groups is 1. The molecule has 0 saturated carbocycles. The molecule has 1 unspecified atom stereocenters. The number of nitrogen functional groups attached to an aromatic ring is 1. The van der Waals surface area contributed by atoms with Crippen LogP contribution in [0.15, 0.2) is 12.1 Å². The van der Waals surface area contributed by atoms with E-state index in [0.717, 1.165) is 19.3 Å². The Morgan fingerprint density at radius 3 is 2.95 bits per heavy atom. The largest absolute Gasteiger partial charge is 0.465 e. The summed E-state index contributed by atoms with van der Waals surface area (Å²) in [6.07, 6.45) is 1.69. The average molecular weight is 295 g/mol. The zero-order valence-electron chi connectivity index (χ0n) is 11.4. The van der Waals surface area contributed by atoms with Crippen LogP contribution in [0.25, 0.3) is 0 Å². The summed E-state index contributed by atoms with van der Waals surface area (Å²) < 4.78 is 0. The van der Waals surface area contributed by atoms with E-state index in [-0.39, 0.29) is 17.5 Å². The molecular weight excluding hydrogens is 278 g/mol. The molecule has 4 N–H and O–H groups in total. The van der Waals surface area contributed by atoms with E-state index in [2.05, 4.69) is 10.3 Å². The first kappa shape index (κ1) is 14.8. The molecule has 0 spiro atoms. The number of amides is 1. The first-order valence-electron chi connectivity index (χ1n) is 6.63. The number of hydrogen-bond donors (Lipinski definition) is 3. The van der Waals surface area contributed by atoms with E-state index in [4.69, 9.17) is 10.8 Å². The SMILES string of the molecule is Nc1nc(NCC2CCCCN2C(=O)O)ccc1[N+](=O)[O-]. The lowest BCUT2D eigenvalue weighted by molar-refractivity contribution is -0.384. The first-order valence-corrected chi connectivity index (χ1v) is 6.63. The predicted octanol–water partition coefficient (Wildman–Crippen LogP) is 1.52. The van der Waals surface area contributed by atoms with Crippen LogP contribution in [0.3, 0.4) is 0 Å². The van der Waals surface area contributed by atoms with E-state index in [9.17, 15) is 14.9 Å². The third-order valence-corrected chi connectivity index (χ3v) is 3.49. The fraction of sp³-hybridized carbons (Fsp3) is 0.500. The van der Waals surface area contributed by atoms with Crippen molar-refractivity contribution in [3.05, 3.63) is 22.2 Å². The van der Waals surface area contributed by atoms with Gasteiger partial charge in [-0.2, -0.15) is 0 Å². The molecule has 114 valence electrons. The molecule has 1 aromatic heterocycles. The molecule has 0 radical (unpaired) electrons. The lowest BCUT2D eigenvalue weighted by atomic mass is 10.0. The third kappa shape index (κ3) is 3.50. The summed E-state index contributed by atoms with van der Waals surface area (Å²) in [5, 5.41) is 22.8. The zero-order chi connectivity index (χ0) is 15.4. The molecule has 1 aliphatic rings. The monoisotopic (exact) mass is 295 g/mol. The summed E-state index contributed by atoms with van der Waals surface area (Å²) in [7, 11) is 0. The molecule has 9 nitrogen and oxygen atoms in total. The highest BCUT2D eigenvalue weighted by atomic mass is 16.6. The van der Waals surface area contributed by atoms with Crippen LogP contribution in [0.1, 0.15) is 19.3 Å². The molecule has 1 amide bonds. The van der Waals surface area contributed by atoms with Crippen LogP contribution in [0.5, 0.6) is 0 Å². The Morgan fingerprint density at radius 1 is 1.57 bits per heavy atom. The van der Waals surface area contributed by atoms with Crippen LogP contribution in [-0.4, -0.2) is 45.1 Å². The van der Waals surface area contributed by atoms with Gasteiger partial charge in [-0.05, 0) is 25.3 Å². The van der Waals surface area contributed by atoms with Crippen molar-refractivity contribution < 1.29 is 14.8 Å². The van der Waals surface area contributed by atoms with Crippen molar-refractivity contribution >= 4 is 23.4 Å². The quantitative estimate of drug-likeness (QED) is 0.566. The number of nitrogens with one attached hydrogen (secondary N) is 1. The maximum Gasteiger partial charge on any atom is 0.407 e. The highest BCUT2D eigenvalue weighted by molar-refractivity contribution is 5.65. The summed E-state index contributed by atoms with van der Waals surface area (Å²) in [4.78, 5) is 26.5. The van der Waals surface area contributed by atoms with Crippen LogP contribution in [-0.2, 0) is 0 Å². The van der Waals surface area contributed by atoms with E-state index in [0.29, 0.717) is 18.9 Å². The number of carbonyl (C=O) groups is 1. The van der Waals surface area contributed by atoms with Crippen molar-refractivity contribution in [3.63, 3.8) is 0 Å². The van der Waals surface area contributed by atoms with E-state index < -0.39 is 11.0 Å². The minimum absolute atomic E-state index is 0.130. The van der Waals surface area contributed by atoms with Gasteiger partial charge >= 0.3 is 11.8 Å². The normalized spacial score (nSPS) is 18.3. The van der Waals surface area contributed by atoms with Gasteiger partial charge in [-0.1, -0.05) is 0 Å². The van der Waals surface area contributed by atoms with Crippen molar-refractivity contribution in [1.29, 1.82) is 0 Å². The Morgan fingerprint density at radius 2 is 2.33 bits per heavy atom. The number of hydrogen-bond acceptors (Lipinski definition) is 6. The van der Waals surface area contributed by atoms with Gasteiger partial charge in [0.1, 0.15) is 5.82 Å². The van der Waals surface area contributed by atoms with Gasteiger partial charge in [0.2, 0.25) is 5.82 Å². The Hall–Kier alpha value is -2.58. The Balaban J connectivity index is 2.00. The van der Waals surface area contributed by atoms with Gasteiger partial charge in [-0.25, -0.2) is 9.78 Å². The first-order chi connectivity index (χ1) is 9.99. The molecule has 9 heteroatoms. The molecule has 21 heavy (non-hydrogen) atoms. The standard InChI is InChI=1S/C12H17N5O4/c13-11-9(17(20)21)4-5-10(15-11)14-7-8-3-1-2-6-16(8)12(18)19/h4-5,8H,1-3,6-7H2,(H,18,19)(H3,13,14,15). The number of likely N-dealkylation sites (tertiary alicyclic amines) is 1. The van der Waals surface area contributed by atoms with Gasteiger partial charge in [0.25, 0.3) is 0 Å². The number of nitrogens with two attached hydrogens (primary N) is 1. The minimum atomic E-state index is -0.933. The van der Waals surface area contributed by atoms with Gasteiger partial charge < -0.3 is 21.1 Å². The predicted molar refractivity (Wildman–Crippen MR) is 76.2 cm³/mol. The fourth-order valence-corrected chi connectivity index (χ4v) is 2.41. The van der Waals surface area contributed by atoms with E-state index in [1.807, 2.05) is 0 Å². The number of anilines is 2. The Labute approximate surface area is 120 Å². The topological polar surface area (TPSA) is 135 Å². The fourth-order valence-electron chi connectivity index (χ4n) is 2.41. The molecule has 1 fully saturated rings. The maximum atomic E-state index is 11.1. The summed E-state index contributed by atoms with van der Waals surface area (Å²) in [6, 6.07) is 2.61. The highest BCUT2D eigenvalue weighted by Gasteiger charge is 2.26. The van der Waals surface area contributed by atoms with Crippen LogP contribution < -0.4 is 11.1 Å². The Bertz CT molecular complexity index is 550. The molecule has 0 bridgehead atoms. The lowest BCUT2D eigenvalue weighted by Gasteiger charge is -2.33. The van der Waals surface area contributed by atoms with Crippen LogP contribution in [0.2, 0.25) is 0 Å². The smallest absolute Gasteiger partial charge is 0.407 e. The number of piperidine rings is 1. The third-order valence-electron chi connectivity index (χ3n) is 3.49. The number of pyridine rings is 1. The molecule has 2 heterocycles. The lowest BCUT2D eigenvalue weighted by Crippen LogP contribution is -2.46. The highest BCUT2D eigenvalue weighted by Crippen LogP contribution is 2.22. The summed E-state index contributed by atoms with van der Waals surface area (Å²) in [5.41, 5.74) is 5.26. The minimum Gasteiger partial charge on any atom is -0.465 e. The van der Waals surface area contributed by atoms with E-state index >= 15 is 0 Å². The summed E-state index contributed by atoms with van der Waals surface area (Å²) in [6.45, 7) is 0.925. The molecule has 1 saturated heterocycles. The van der Waals surface area contributed by atoms with Gasteiger partial charge in [-0.3, -0.25) is 10.1 Å². The number of carboxylic acid groups (broad SMARTS) is 1. The van der Waals surface area contributed by atoms with E-state index in [1.165, 1.54) is 17.0 Å². The van der Waals surface area contributed by atoms with Crippen molar-refractivity contribution in [1.82, 2.24) is 9.88 Å². The second-order valence-corrected chi connectivity index (χ2v) is 4.86. The number of rotatable bonds is 4. The Kier molecular flexibility index (Phi) is 4.41. The second kappa shape index (κ2) is 6.25. The molecule has 0 aliphatic carbocycles. The molecule has 1 aromatic rings. The maximum absolute atomic E-state index is 11.1. The van der Waals surface area contributed by atoms with Crippen LogP contribution >= 0.6 is 0 Å². The molecule has 0 aromatic carbocycles. The van der Waals surface area contributed by atoms with E-state index in [1.54, 1.807) is 0 Å². The number of nitrogens with zero attached hydrogens (tertiary/aromatic N) is 3. The zero-order valence-corrected chi connectivity index (χ0v) is 11.4. The van der Waals surface area contributed by atoms with Crippen LogP contribution in [0, 0.1) is 10.1 Å². The number of aromatic nitrogens is 1. The molecule has 1 aliphatic heterocycles. The second-order valence-electron chi connectivity index (χ2n) is 4.86. The van der Waals surface area contributed by atoms with Crippen molar-refractivity contribution in [2.45, 2.75) is 25.3 Å².